The Morgan fingerprint density at radius 2 is 1.91 bits per heavy atom. The third-order valence-electron chi connectivity index (χ3n) is 9.31. The van der Waals surface area contributed by atoms with Crippen molar-refractivity contribution in [1.82, 2.24) is 29.2 Å². The molecule has 2 aliphatic heterocycles. The molecule has 0 saturated carbocycles. The van der Waals surface area contributed by atoms with Gasteiger partial charge in [-0.25, -0.2) is 24.1 Å². The number of allylic oxidation sites excluding steroid dienone is 1. The summed E-state index contributed by atoms with van der Waals surface area (Å²) in [6, 6.07) is 12.5. The van der Waals surface area contributed by atoms with E-state index in [0.717, 1.165) is 48.4 Å². The molecule has 12 nitrogen and oxygen atoms in total. The SMILES string of the molecule is C=CCn1c(=O)c2cnc(Nc3ccc(N4CC5CC4CN5C(=O)OC(C)(C)C)cc3)nc2n1-c1ccc2c(n1)C(C)(OC)CC2. The Bertz CT molecular complexity index is 1890. The zero-order valence-corrected chi connectivity index (χ0v) is 27.0. The molecule has 2 saturated heterocycles. The highest BCUT2D eigenvalue weighted by Crippen LogP contribution is 2.39. The zero-order chi connectivity index (χ0) is 32.4. The van der Waals surface area contributed by atoms with Crippen LogP contribution in [0.15, 0.2) is 60.0 Å². The van der Waals surface area contributed by atoms with Crippen molar-refractivity contribution in [2.75, 3.05) is 30.4 Å². The second-order valence-electron chi connectivity index (χ2n) is 13.5. The fraction of sp³-hybridized carbons (Fsp3) is 0.441. The van der Waals surface area contributed by atoms with E-state index in [2.05, 4.69) is 40.0 Å². The molecule has 7 rings (SSSR count). The van der Waals surface area contributed by atoms with Gasteiger partial charge in [0, 0.05) is 43.8 Å². The molecule has 46 heavy (non-hydrogen) atoms. The second kappa shape index (κ2) is 11.0. The molecular formula is C34H40N8O4. The number of nitrogens with zero attached hydrogens (tertiary/aromatic N) is 7. The molecule has 2 fully saturated rings. The fourth-order valence-electron chi connectivity index (χ4n) is 6.95. The number of carbonyl (C=O) groups is 1. The van der Waals surface area contributed by atoms with Crippen LogP contribution in [0.4, 0.5) is 22.1 Å². The number of ether oxygens (including phenoxy) is 2. The highest BCUT2D eigenvalue weighted by Gasteiger charge is 2.46. The first-order chi connectivity index (χ1) is 22.0. The number of aryl methyl sites for hydroxylation is 1. The summed E-state index contributed by atoms with van der Waals surface area (Å²) in [5.74, 6) is 0.942. The molecule has 3 aromatic heterocycles. The van der Waals surface area contributed by atoms with Gasteiger partial charge in [-0.3, -0.25) is 4.79 Å². The smallest absolute Gasteiger partial charge is 0.410 e. The predicted molar refractivity (Wildman–Crippen MR) is 176 cm³/mol. The van der Waals surface area contributed by atoms with Crippen LogP contribution in [0.5, 0.6) is 0 Å². The van der Waals surface area contributed by atoms with Crippen molar-refractivity contribution in [2.45, 2.75) is 76.8 Å². The standard InChI is InChI=1S/C34H40N8O4/c1-7-16-41-30(43)26-18-35-31(38-29(26)42(41)27-13-8-21-14-15-34(5,45-6)28(21)37-27)36-22-9-11-23(12-10-22)39-19-25-17-24(39)20-40(25)32(44)46-33(2,3)4/h7-13,18,24-25H,1,14-17,19-20H2,2-6H3,(H,35,36,38). The van der Waals surface area contributed by atoms with E-state index in [1.54, 1.807) is 28.7 Å². The molecule has 3 atom stereocenters. The minimum atomic E-state index is -0.507. The van der Waals surface area contributed by atoms with Crippen LogP contribution in [0.1, 0.15) is 51.8 Å². The molecule has 12 heteroatoms. The number of hydrogen-bond acceptors (Lipinski definition) is 9. The summed E-state index contributed by atoms with van der Waals surface area (Å²) in [5, 5.41) is 3.69. The fourth-order valence-corrected chi connectivity index (χ4v) is 6.95. The van der Waals surface area contributed by atoms with Crippen molar-refractivity contribution >= 4 is 34.4 Å². The van der Waals surface area contributed by atoms with Crippen LogP contribution >= 0.6 is 0 Å². The molecule has 1 amide bonds. The van der Waals surface area contributed by atoms with E-state index in [9.17, 15) is 9.59 Å². The topological polar surface area (TPSA) is 120 Å². The number of amides is 1. The van der Waals surface area contributed by atoms with Crippen LogP contribution in [0, 0.1) is 0 Å². The van der Waals surface area contributed by atoms with E-state index in [0.29, 0.717) is 29.3 Å². The van der Waals surface area contributed by atoms with Gasteiger partial charge in [0.15, 0.2) is 11.5 Å². The number of fused-ring (bicyclic) bond motifs is 4. The summed E-state index contributed by atoms with van der Waals surface area (Å²) < 4.78 is 14.8. The van der Waals surface area contributed by atoms with Gasteiger partial charge in [0.25, 0.3) is 5.56 Å². The lowest BCUT2D eigenvalue weighted by atomic mass is 10.0. The Kier molecular flexibility index (Phi) is 7.15. The number of rotatable bonds is 7. The number of likely N-dealkylation sites (tertiary alicyclic amines) is 1. The zero-order valence-electron chi connectivity index (χ0n) is 27.0. The number of benzene rings is 1. The monoisotopic (exact) mass is 624 g/mol. The van der Waals surface area contributed by atoms with Crippen LogP contribution in [-0.2, 0) is 28.0 Å². The lowest BCUT2D eigenvalue weighted by molar-refractivity contribution is 0.000476. The molecule has 1 aromatic carbocycles. The lowest BCUT2D eigenvalue weighted by Crippen LogP contribution is -2.50. The molecule has 240 valence electrons. The number of hydrogen-bond donors (Lipinski definition) is 1. The normalized spacial score (nSPS) is 22.0. The Morgan fingerprint density at radius 3 is 2.59 bits per heavy atom. The molecule has 1 N–H and O–H groups in total. The van der Waals surface area contributed by atoms with Gasteiger partial charge in [-0.2, -0.15) is 4.98 Å². The van der Waals surface area contributed by atoms with Crippen molar-refractivity contribution in [3.8, 4) is 5.82 Å². The lowest BCUT2D eigenvalue weighted by Gasteiger charge is -2.36. The maximum atomic E-state index is 13.4. The second-order valence-corrected chi connectivity index (χ2v) is 13.5. The highest BCUT2D eigenvalue weighted by molar-refractivity contribution is 5.77. The van der Waals surface area contributed by atoms with Gasteiger partial charge < -0.3 is 24.6 Å². The Hall–Kier alpha value is -4.71. The van der Waals surface area contributed by atoms with Crippen LogP contribution < -0.4 is 15.8 Å². The minimum absolute atomic E-state index is 0.146. The Labute approximate surface area is 267 Å². The quantitative estimate of drug-likeness (QED) is 0.286. The van der Waals surface area contributed by atoms with Crippen molar-refractivity contribution in [1.29, 1.82) is 0 Å². The average molecular weight is 625 g/mol. The molecule has 2 bridgehead atoms. The first-order valence-corrected chi connectivity index (χ1v) is 15.8. The molecule has 5 heterocycles. The van der Waals surface area contributed by atoms with Crippen LogP contribution in [0.3, 0.4) is 0 Å². The Balaban J connectivity index is 1.13. The first kappa shape index (κ1) is 30.0. The third-order valence-corrected chi connectivity index (χ3v) is 9.31. The molecule has 0 spiro atoms. The average Bonchev–Trinajstić information content (AvgIpc) is 3.79. The van der Waals surface area contributed by atoms with Crippen LogP contribution in [-0.4, -0.2) is 73.2 Å². The number of carbonyl (C=O) groups excluding carboxylic acids is 1. The van der Waals surface area contributed by atoms with E-state index in [1.165, 1.54) is 0 Å². The summed E-state index contributed by atoms with van der Waals surface area (Å²) in [6.07, 6.45) is 5.67. The van der Waals surface area contributed by atoms with Gasteiger partial charge in [0.1, 0.15) is 16.6 Å². The van der Waals surface area contributed by atoms with E-state index < -0.39 is 11.2 Å². The van der Waals surface area contributed by atoms with Gasteiger partial charge in [-0.05, 0) is 82.9 Å². The molecular weight excluding hydrogens is 584 g/mol. The minimum Gasteiger partial charge on any atom is -0.444 e. The maximum Gasteiger partial charge on any atom is 0.410 e. The molecule has 1 aliphatic carbocycles. The van der Waals surface area contributed by atoms with Crippen molar-refractivity contribution < 1.29 is 14.3 Å². The third kappa shape index (κ3) is 5.10. The number of methoxy groups -OCH3 is 1. The largest absolute Gasteiger partial charge is 0.444 e. The molecule has 0 radical (unpaired) electrons. The van der Waals surface area contributed by atoms with Crippen molar-refractivity contribution in [2.24, 2.45) is 0 Å². The van der Waals surface area contributed by atoms with Crippen LogP contribution in [0.25, 0.3) is 16.9 Å². The van der Waals surface area contributed by atoms with Gasteiger partial charge in [-0.1, -0.05) is 12.1 Å². The first-order valence-electron chi connectivity index (χ1n) is 15.8. The molecule has 4 aromatic rings. The number of pyridine rings is 1. The van der Waals surface area contributed by atoms with Gasteiger partial charge >= 0.3 is 6.09 Å². The predicted octanol–water partition coefficient (Wildman–Crippen LogP) is 4.91. The molecule has 3 unspecified atom stereocenters. The summed E-state index contributed by atoms with van der Waals surface area (Å²) in [5.41, 5.74) is 3.17. The number of nitrogens with one attached hydrogen (secondary N) is 1. The van der Waals surface area contributed by atoms with Gasteiger partial charge in [0.2, 0.25) is 5.95 Å². The number of piperazine rings is 1. The van der Waals surface area contributed by atoms with Crippen molar-refractivity contribution in [3.63, 3.8) is 0 Å². The summed E-state index contributed by atoms with van der Waals surface area (Å²) in [4.78, 5) is 44.6. The van der Waals surface area contributed by atoms with E-state index >= 15 is 0 Å². The van der Waals surface area contributed by atoms with Crippen molar-refractivity contribution in [3.05, 3.63) is 76.9 Å². The summed E-state index contributed by atoms with van der Waals surface area (Å²) >= 11 is 0. The highest BCUT2D eigenvalue weighted by atomic mass is 16.6. The number of anilines is 3. The summed E-state index contributed by atoms with van der Waals surface area (Å²) in [7, 11) is 1.70. The van der Waals surface area contributed by atoms with E-state index in [1.807, 2.05) is 50.8 Å². The number of aromatic nitrogens is 5. The van der Waals surface area contributed by atoms with E-state index in [-0.39, 0.29) is 30.3 Å². The maximum absolute atomic E-state index is 13.4. The molecule has 3 aliphatic rings. The Morgan fingerprint density at radius 1 is 1.13 bits per heavy atom. The van der Waals surface area contributed by atoms with E-state index in [4.69, 9.17) is 19.4 Å². The van der Waals surface area contributed by atoms with Crippen LogP contribution in [0.2, 0.25) is 0 Å². The summed E-state index contributed by atoms with van der Waals surface area (Å²) in [6.45, 7) is 13.3. The van der Waals surface area contributed by atoms with Gasteiger partial charge in [-0.15, -0.1) is 6.58 Å². The van der Waals surface area contributed by atoms with Gasteiger partial charge in [0.05, 0.1) is 18.3 Å².